The number of carbonyl (C=O) groups excluding carboxylic acids is 2. The van der Waals surface area contributed by atoms with Crippen LogP contribution >= 0.6 is 0 Å². The van der Waals surface area contributed by atoms with Crippen molar-refractivity contribution < 1.29 is 33.3 Å². The minimum atomic E-state index is -1.51. The molecule has 1 saturated heterocycles. The smallest absolute Gasteiger partial charge is 0.303 e. The lowest BCUT2D eigenvalue weighted by Gasteiger charge is -2.47. The highest BCUT2D eigenvalue weighted by molar-refractivity contribution is 5.67. The molecule has 3 rings (SSSR count). The first-order valence-corrected chi connectivity index (χ1v) is 11.2. The van der Waals surface area contributed by atoms with Gasteiger partial charge in [-0.15, -0.1) is 0 Å². The Morgan fingerprint density at radius 3 is 2.23 bits per heavy atom. The van der Waals surface area contributed by atoms with E-state index in [1.54, 1.807) is 0 Å². The van der Waals surface area contributed by atoms with E-state index in [1.807, 2.05) is 60.7 Å². The molecular formula is C25H29N3O7. The molecule has 0 bridgehead atoms. The van der Waals surface area contributed by atoms with Crippen molar-refractivity contribution in [3.05, 3.63) is 82.2 Å². The summed E-state index contributed by atoms with van der Waals surface area (Å²) in [5.41, 5.74) is 9.65. The maximum Gasteiger partial charge on any atom is 0.303 e. The lowest BCUT2D eigenvalue weighted by molar-refractivity contribution is -0.248. The Morgan fingerprint density at radius 1 is 1.03 bits per heavy atom. The van der Waals surface area contributed by atoms with Gasteiger partial charge < -0.3 is 23.7 Å². The average Bonchev–Trinajstić information content (AvgIpc) is 2.85. The number of carbonyl (C=O) groups is 2. The van der Waals surface area contributed by atoms with Crippen LogP contribution in [0.1, 0.15) is 25.0 Å². The van der Waals surface area contributed by atoms with E-state index in [9.17, 15) is 15.1 Å². The summed E-state index contributed by atoms with van der Waals surface area (Å²) in [6.07, 6.45) is -1.66. The van der Waals surface area contributed by atoms with Gasteiger partial charge >= 0.3 is 11.9 Å². The first-order chi connectivity index (χ1) is 16.9. The molecular weight excluding hydrogens is 454 g/mol. The SMILES string of the molecule is CC(=O)OCC1(OC(C)=O)COC(COCc2ccccc2)C(N=[N+]=[N-])C1OCc1ccccc1. The summed E-state index contributed by atoms with van der Waals surface area (Å²) in [6.45, 7) is 2.60. The Kier molecular flexibility index (Phi) is 9.63. The third-order valence-electron chi connectivity index (χ3n) is 5.47. The monoisotopic (exact) mass is 483 g/mol. The van der Waals surface area contributed by atoms with E-state index in [0.29, 0.717) is 6.61 Å². The van der Waals surface area contributed by atoms with Gasteiger partial charge in [-0.05, 0) is 16.7 Å². The highest BCUT2D eigenvalue weighted by atomic mass is 16.6. The van der Waals surface area contributed by atoms with Gasteiger partial charge in [0.1, 0.15) is 12.7 Å². The van der Waals surface area contributed by atoms with Crippen molar-refractivity contribution in [3.63, 3.8) is 0 Å². The van der Waals surface area contributed by atoms with Crippen LogP contribution in [0.4, 0.5) is 0 Å². The quantitative estimate of drug-likeness (QED) is 0.206. The highest BCUT2D eigenvalue weighted by Crippen LogP contribution is 2.34. The molecule has 1 aliphatic heterocycles. The molecule has 0 radical (unpaired) electrons. The molecule has 2 aromatic carbocycles. The Morgan fingerprint density at radius 2 is 1.66 bits per heavy atom. The first kappa shape index (κ1) is 26.2. The van der Waals surface area contributed by atoms with Crippen LogP contribution in [0.15, 0.2) is 65.8 Å². The summed E-state index contributed by atoms with van der Waals surface area (Å²) in [4.78, 5) is 26.6. The lowest BCUT2D eigenvalue weighted by atomic mass is 9.86. The van der Waals surface area contributed by atoms with Crippen molar-refractivity contribution >= 4 is 11.9 Å². The second kappa shape index (κ2) is 12.9. The predicted molar refractivity (Wildman–Crippen MR) is 125 cm³/mol. The standard InChI is InChI=1S/C25H29N3O7/c1-18(29)33-16-25(35-19(2)30)17-34-22(15-31-13-20-9-5-3-6-10-20)23(27-28-26)24(25)32-14-21-11-7-4-8-12-21/h3-12,22-24H,13-17H2,1-2H3. The van der Waals surface area contributed by atoms with Gasteiger partial charge in [0, 0.05) is 18.8 Å². The van der Waals surface area contributed by atoms with Gasteiger partial charge in [0.25, 0.3) is 0 Å². The number of ether oxygens (including phenoxy) is 5. The minimum absolute atomic E-state index is 0.105. The molecule has 4 atom stereocenters. The number of esters is 2. The summed E-state index contributed by atoms with van der Waals surface area (Å²) < 4.78 is 28.9. The van der Waals surface area contributed by atoms with E-state index in [2.05, 4.69) is 10.0 Å². The van der Waals surface area contributed by atoms with Crippen molar-refractivity contribution in [2.75, 3.05) is 19.8 Å². The van der Waals surface area contributed by atoms with Crippen LogP contribution in [0.2, 0.25) is 0 Å². The molecule has 10 heteroatoms. The molecule has 0 aliphatic carbocycles. The van der Waals surface area contributed by atoms with Crippen LogP contribution in [0.25, 0.3) is 10.4 Å². The van der Waals surface area contributed by atoms with Crippen LogP contribution in [-0.4, -0.2) is 55.6 Å². The molecule has 0 spiro atoms. The number of nitrogens with zero attached hydrogens (tertiary/aromatic N) is 3. The molecule has 2 aromatic rings. The zero-order chi connectivity index (χ0) is 25.1. The average molecular weight is 484 g/mol. The summed E-state index contributed by atoms with van der Waals surface area (Å²) in [5, 5.41) is 3.93. The summed E-state index contributed by atoms with van der Waals surface area (Å²) in [5.74, 6) is -1.18. The van der Waals surface area contributed by atoms with E-state index in [-0.39, 0.29) is 26.4 Å². The first-order valence-electron chi connectivity index (χ1n) is 11.2. The van der Waals surface area contributed by atoms with Crippen LogP contribution < -0.4 is 0 Å². The minimum Gasteiger partial charge on any atom is -0.461 e. The van der Waals surface area contributed by atoms with Crippen LogP contribution in [0.3, 0.4) is 0 Å². The van der Waals surface area contributed by atoms with Gasteiger partial charge in [-0.25, -0.2) is 0 Å². The Labute approximate surface area is 203 Å². The molecule has 10 nitrogen and oxygen atoms in total. The fourth-order valence-electron chi connectivity index (χ4n) is 3.90. The molecule has 4 unspecified atom stereocenters. The zero-order valence-electron chi connectivity index (χ0n) is 19.7. The molecule has 0 amide bonds. The maximum absolute atomic E-state index is 12.1. The highest BCUT2D eigenvalue weighted by Gasteiger charge is 2.54. The van der Waals surface area contributed by atoms with E-state index >= 15 is 0 Å². The maximum atomic E-state index is 12.1. The number of benzene rings is 2. The molecule has 186 valence electrons. The van der Waals surface area contributed by atoms with Gasteiger partial charge in [0.2, 0.25) is 0 Å². The van der Waals surface area contributed by atoms with E-state index in [0.717, 1.165) is 11.1 Å². The second-order valence-corrected chi connectivity index (χ2v) is 8.20. The molecule has 1 aliphatic rings. The van der Waals surface area contributed by atoms with Gasteiger partial charge in [-0.3, -0.25) is 9.59 Å². The lowest BCUT2D eigenvalue weighted by Crippen LogP contribution is -2.66. The van der Waals surface area contributed by atoms with Crippen molar-refractivity contribution in [1.82, 2.24) is 0 Å². The van der Waals surface area contributed by atoms with E-state index in [1.165, 1.54) is 13.8 Å². The van der Waals surface area contributed by atoms with E-state index in [4.69, 9.17) is 23.7 Å². The number of hydrogen-bond acceptors (Lipinski definition) is 8. The van der Waals surface area contributed by atoms with Gasteiger partial charge in [-0.2, -0.15) is 0 Å². The molecule has 1 heterocycles. The molecule has 1 fully saturated rings. The molecule has 0 N–H and O–H groups in total. The summed E-state index contributed by atoms with van der Waals surface area (Å²) in [6, 6.07) is 18.0. The largest absolute Gasteiger partial charge is 0.461 e. The van der Waals surface area contributed by atoms with Crippen LogP contribution in [-0.2, 0) is 46.5 Å². The molecule has 0 aromatic heterocycles. The molecule has 35 heavy (non-hydrogen) atoms. The van der Waals surface area contributed by atoms with Crippen molar-refractivity contribution in [2.45, 2.75) is 50.9 Å². The van der Waals surface area contributed by atoms with Gasteiger partial charge in [-0.1, -0.05) is 65.8 Å². The van der Waals surface area contributed by atoms with Crippen LogP contribution in [0.5, 0.6) is 0 Å². The third kappa shape index (κ3) is 7.53. The van der Waals surface area contributed by atoms with Crippen molar-refractivity contribution in [3.8, 4) is 0 Å². The topological polar surface area (TPSA) is 129 Å². The Balaban J connectivity index is 1.86. The predicted octanol–water partition coefficient (Wildman–Crippen LogP) is 3.73. The van der Waals surface area contributed by atoms with Crippen LogP contribution in [0, 0.1) is 0 Å². The van der Waals surface area contributed by atoms with Crippen molar-refractivity contribution in [1.29, 1.82) is 0 Å². The number of rotatable bonds is 11. The fraction of sp³-hybridized carbons (Fsp3) is 0.440. The van der Waals surface area contributed by atoms with Gasteiger partial charge in [0.05, 0.1) is 38.6 Å². The normalized spacial score (nSPS) is 23.7. The third-order valence-corrected chi connectivity index (χ3v) is 5.47. The zero-order valence-corrected chi connectivity index (χ0v) is 19.7. The number of azide groups is 1. The molecule has 0 saturated carbocycles. The number of hydrogen-bond donors (Lipinski definition) is 0. The Hall–Kier alpha value is -3.43. The van der Waals surface area contributed by atoms with Crippen molar-refractivity contribution in [2.24, 2.45) is 5.11 Å². The van der Waals surface area contributed by atoms with Gasteiger partial charge in [0.15, 0.2) is 5.60 Å². The Bertz CT molecular complexity index is 1010. The summed E-state index contributed by atoms with van der Waals surface area (Å²) >= 11 is 0. The fourth-order valence-corrected chi connectivity index (χ4v) is 3.90. The summed E-state index contributed by atoms with van der Waals surface area (Å²) in [7, 11) is 0. The second-order valence-electron chi connectivity index (χ2n) is 8.20. The van der Waals surface area contributed by atoms with E-state index < -0.39 is 35.8 Å².